The van der Waals surface area contributed by atoms with E-state index >= 15 is 0 Å². The van der Waals surface area contributed by atoms with Crippen LogP contribution in [0.25, 0.3) is 0 Å². The highest BCUT2D eigenvalue weighted by atomic mass is 16.6. The Morgan fingerprint density at radius 1 is 0.833 bits per heavy atom. The lowest BCUT2D eigenvalue weighted by Crippen LogP contribution is -2.51. The van der Waals surface area contributed by atoms with Gasteiger partial charge < -0.3 is 4.74 Å². The number of benzene rings is 3. The molecular formula is C27H18N2O7. The minimum atomic E-state index is -2.16. The third-order valence-corrected chi connectivity index (χ3v) is 7.33. The summed E-state index contributed by atoms with van der Waals surface area (Å²) in [6.07, 6.45) is -1.02. The third-order valence-electron chi connectivity index (χ3n) is 7.33. The number of carbonyl (C=O) groups excluding carboxylic acids is 4. The molecule has 3 aromatic carbocycles. The number of carbonyl (C=O) groups is 4. The molecule has 2 saturated heterocycles. The molecular weight excluding hydrogens is 464 g/mol. The Kier molecular flexibility index (Phi) is 4.58. The van der Waals surface area contributed by atoms with Crippen LogP contribution in [0.5, 0.6) is 0 Å². The molecule has 2 heterocycles. The van der Waals surface area contributed by atoms with Gasteiger partial charge in [0.2, 0.25) is 29.0 Å². The van der Waals surface area contributed by atoms with Gasteiger partial charge in [0.1, 0.15) is 0 Å². The molecule has 2 amide bonds. The number of Topliss-reactive ketones (excluding diaryl/α,β-unsaturated/α-hetero) is 2. The fraction of sp³-hybridized carbons (Fsp3) is 0.185. The fourth-order valence-corrected chi connectivity index (χ4v) is 5.68. The maximum Gasteiger partial charge on any atom is 0.269 e. The Morgan fingerprint density at radius 2 is 1.42 bits per heavy atom. The zero-order valence-electron chi connectivity index (χ0n) is 18.9. The zero-order valence-corrected chi connectivity index (χ0v) is 18.9. The van der Waals surface area contributed by atoms with E-state index < -0.39 is 51.8 Å². The molecule has 3 aromatic rings. The van der Waals surface area contributed by atoms with E-state index in [2.05, 4.69) is 0 Å². The Labute approximate surface area is 204 Å². The highest BCUT2D eigenvalue weighted by Crippen LogP contribution is 2.58. The first kappa shape index (κ1) is 22.0. The first-order chi connectivity index (χ1) is 17.3. The van der Waals surface area contributed by atoms with E-state index in [-0.39, 0.29) is 22.5 Å². The van der Waals surface area contributed by atoms with E-state index in [1.165, 1.54) is 36.4 Å². The first-order valence-electron chi connectivity index (χ1n) is 11.3. The smallest absolute Gasteiger partial charge is 0.269 e. The van der Waals surface area contributed by atoms with Gasteiger partial charge in [-0.1, -0.05) is 48.5 Å². The van der Waals surface area contributed by atoms with Crippen LogP contribution in [0.1, 0.15) is 37.9 Å². The number of hydrogen-bond donors (Lipinski definition) is 0. The van der Waals surface area contributed by atoms with Crippen LogP contribution in [0, 0.1) is 28.9 Å². The molecule has 0 saturated carbocycles. The molecule has 1 spiro atoms. The fourth-order valence-electron chi connectivity index (χ4n) is 5.68. The third kappa shape index (κ3) is 2.68. The van der Waals surface area contributed by atoms with Gasteiger partial charge in [-0.3, -0.25) is 29.3 Å². The molecule has 0 bridgehead atoms. The van der Waals surface area contributed by atoms with Crippen molar-refractivity contribution in [3.63, 3.8) is 0 Å². The van der Waals surface area contributed by atoms with Crippen LogP contribution >= 0.6 is 0 Å². The second-order valence-electron chi connectivity index (χ2n) is 9.12. The molecule has 9 heteroatoms. The molecule has 2 fully saturated rings. The number of nitro groups is 1. The van der Waals surface area contributed by atoms with E-state index in [1.54, 1.807) is 24.3 Å². The van der Waals surface area contributed by atoms with Crippen LogP contribution in [-0.2, 0) is 14.3 Å². The molecule has 36 heavy (non-hydrogen) atoms. The summed E-state index contributed by atoms with van der Waals surface area (Å²) in [5, 5.41) is 11.1. The standard InChI is InChI=1S/C27H18N2O7/c1-14-6-2-3-7-17(14)22-20-21(27(36-22)23(30)18-8-4-5-9-19(18)24(27)31)26(33)28(25(20)32)15-10-12-16(13-11-15)29(34)35/h2-13,20-22H,1H3/t20-,21-,22+/m0/s1. The van der Waals surface area contributed by atoms with Crippen LogP contribution in [0.15, 0.2) is 72.8 Å². The number of fused-ring (bicyclic) bond motifs is 3. The highest BCUT2D eigenvalue weighted by molar-refractivity contribution is 6.37. The second kappa shape index (κ2) is 7.50. The van der Waals surface area contributed by atoms with Crippen molar-refractivity contribution in [3.05, 3.63) is 105 Å². The van der Waals surface area contributed by atoms with Crippen LogP contribution in [0.4, 0.5) is 11.4 Å². The number of anilines is 1. The van der Waals surface area contributed by atoms with Crippen molar-refractivity contribution in [2.24, 2.45) is 11.8 Å². The maximum absolute atomic E-state index is 13.9. The Balaban J connectivity index is 1.53. The van der Waals surface area contributed by atoms with Crippen molar-refractivity contribution < 1.29 is 28.8 Å². The van der Waals surface area contributed by atoms with Gasteiger partial charge in [-0.05, 0) is 30.2 Å². The van der Waals surface area contributed by atoms with Crippen molar-refractivity contribution in [1.82, 2.24) is 0 Å². The van der Waals surface area contributed by atoms with Gasteiger partial charge in [0.05, 0.1) is 28.6 Å². The van der Waals surface area contributed by atoms with Crippen LogP contribution in [0.3, 0.4) is 0 Å². The number of ether oxygens (including phenoxy) is 1. The minimum absolute atomic E-state index is 0.124. The molecule has 3 aliphatic rings. The summed E-state index contributed by atoms with van der Waals surface area (Å²) in [5.41, 5.74) is -0.549. The topological polar surface area (TPSA) is 124 Å². The van der Waals surface area contributed by atoms with Gasteiger partial charge in [0, 0.05) is 23.3 Å². The van der Waals surface area contributed by atoms with Gasteiger partial charge in [0.25, 0.3) is 5.69 Å². The van der Waals surface area contributed by atoms with Crippen molar-refractivity contribution in [3.8, 4) is 0 Å². The quantitative estimate of drug-likeness (QED) is 0.242. The van der Waals surface area contributed by atoms with E-state index in [0.717, 1.165) is 10.5 Å². The summed E-state index contributed by atoms with van der Waals surface area (Å²) >= 11 is 0. The van der Waals surface area contributed by atoms with Gasteiger partial charge in [-0.2, -0.15) is 0 Å². The number of ketones is 2. The molecule has 178 valence electrons. The number of rotatable bonds is 3. The number of nitro benzene ring substituents is 1. The summed E-state index contributed by atoms with van der Waals surface area (Å²) in [6.45, 7) is 1.82. The second-order valence-corrected chi connectivity index (χ2v) is 9.12. The molecule has 6 rings (SSSR count). The van der Waals surface area contributed by atoms with E-state index in [1.807, 2.05) is 19.1 Å². The van der Waals surface area contributed by atoms with Crippen molar-refractivity contribution >= 4 is 34.8 Å². The summed E-state index contributed by atoms with van der Waals surface area (Å²) in [7, 11) is 0. The summed E-state index contributed by atoms with van der Waals surface area (Å²) in [5.74, 6) is -5.15. The lowest BCUT2D eigenvalue weighted by molar-refractivity contribution is -0.384. The van der Waals surface area contributed by atoms with E-state index in [4.69, 9.17) is 4.74 Å². The average molecular weight is 482 g/mol. The molecule has 0 aromatic heterocycles. The van der Waals surface area contributed by atoms with Gasteiger partial charge >= 0.3 is 0 Å². The van der Waals surface area contributed by atoms with Crippen molar-refractivity contribution in [2.75, 3.05) is 4.90 Å². The van der Waals surface area contributed by atoms with Crippen molar-refractivity contribution in [1.29, 1.82) is 0 Å². The molecule has 0 radical (unpaired) electrons. The molecule has 3 atom stereocenters. The van der Waals surface area contributed by atoms with Gasteiger partial charge in [-0.15, -0.1) is 0 Å². The average Bonchev–Trinajstić information content (AvgIpc) is 3.44. The predicted molar refractivity (Wildman–Crippen MR) is 125 cm³/mol. The van der Waals surface area contributed by atoms with Crippen LogP contribution in [0.2, 0.25) is 0 Å². The summed E-state index contributed by atoms with van der Waals surface area (Å²) in [4.78, 5) is 66.6. The van der Waals surface area contributed by atoms with Crippen LogP contribution < -0.4 is 4.90 Å². The zero-order chi connectivity index (χ0) is 25.4. The lowest BCUT2D eigenvalue weighted by Gasteiger charge is -2.27. The summed E-state index contributed by atoms with van der Waals surface area (Å²) in [6, 6.07) is 18.4. The normalized spacial score (nSPS) is 23.9. The van der Waals surface area contributed by atoms with Crippen molar-refractivity contribution in [2.45, 2.75) is 18.6 Å². The van der Waals surface area contributed by atoms with Crippen LogP contribution in [-0.4, -0.2) is 33.9 Å². The predicted octanol–water partition coefficient (Wildman–Crippen LogP) is 3.60. The lowest BCUT2D eigenvalue weighted by atomic mass is 9.77. The molecule has 1 aliphatic carbocycles. The van der Waals surface area contributed by atoms with Gasteiger partial charge in [-0.25, -0.2) is 4.90 Å². The number of imide groups is 1. The van der Waals surface area contributed by atoms with Gasteiger partial charge in [0.15, 0.2) is 0 Å². The minimum Gasteiger partial charge on any atom is -0.349 e. The molecule has 0 unspecified atom stereocenters. The SMILES string of the molecule is Cc1ccccc1[C@H]1OC2(C(=O)c3ccccc3C2=O)[C@@H]2C(=O)N(c3ccc([N+](=O)[O-])cc3)C(=O)[C@H]12. The molecule has 0 N–H and O–H groups in total. The first-order valence-corrected chi connectivity index (χ1v) is 11.3. The van der Waals surface area contributed by atoms with E-state index in [0.29, 0.717) is 5.56 Å². The number of aryl methyl sites for hydroxylation is 1. The monoisotopic (exact) mass is 482 g/mol. The number of non-ortho nitro benzene ring substituents is 1. The Hall–Kier alpha value is -4.50. The molecule has 9 nitrogen and oxygen atoms in total. The summed E-state index contributed by atoms with van der Waals surface area (Å²) < 4.78 is 6.27. The molecule has 2 aliphatic heterocycles. The Bertz CT molecular complexity index is 1480. The number of amides is 2. The largest absolute Gasteiger partial charge is 0.349 e. The number of hydrogen-bond acceptors (Lipinski definition) is 7. The maximum atomic E-state index is 13.9. The number of nitrogens with zero attached hydrogens (tertiary/aromatic N) is 2. The highest BCUT2D eigenvalue weighted by Gasteiger charge is 2.74. The van der Waals surface area contributed by atoms with E-state index in [9.17, 15) is 29.3 Å². The Morgan fingerprint density at radius 3 is 2.00 bits per heavy atom.